The van der Waals surface area contributed by atoms with Crippen molar-refractivity contribution in [3.63, 3.8) is 0 Å². The number of aliphatic hydroxyl groups excluding tert-OH is 1. The minimum atomic E-state index is -0.592. The maximum atomic E-state index is 13.9. The van der Waals surface area contributed by atoms with Crippen molar-refractivity contribution in [3.05, 3.63) is 48.2 Å². The number of aliphatic hydroxyl groups is 1. The van der Waals surface area contributed by atoms with Crippen LogP contribution in [0.5, 0.6) is 0 Å². The first kappa shape index (κ1) is 16.6. The number of fused-ring (bicyclic) bond motifs is 1. The number of carbonyl (C=O) groups is 1. The molecule has 3 aromatic rings. The summed E-state index contributed by atoms with van der Waals surface area (Å²) < 4.78 is 15.2. The fraction of sp³-hybridized carbons (Fsp3) is 0.333. The largest absolute Gasteiger partial charge is 0.393 e. The van der Waals surface area contributed by atoms with Crippen molar-refractivity contribution in [3.8, 4) is 5.95 Å². The quantitative estimate of drug-likeness (QED) is 0.749. The Morgan fingerprint density at radius 3 is 2.58 bits per heavy atom. The molecule has 1 fully saturated rings. The lowest BCUT2D eigenvalue weighted by Gasteiger charge is -2.26. The number of para-hydroxylation sites is 1. The molecule has 1 saturated carbocycles. The second-order valence-electron chi connectivity index (χ2n) is 6.47. The maximum absolute atomic E-state index is 13.9. The summed E-state index contributed by atoms with van der Waals surface area (Å²) in [5, 5.41) is 16.7. The second kappa shape index (κ2) is 6.80. The summed E-state index contributed by atoms with van der Waals surface area (Å²) in [6.45, 7) is 0. The smallest absolute Gasteiger partial charge is 0.254 e. The van der Waals surface area contributed by atoms with Gasteiger partial charge in [-0.15, -0.1) is 5.10 Å². The van der Waals surface area contributed by atoms with Gasteiger partial charge in [0.15, 0.2) is 0 Å². The lowest BCUT2D eigenvalue weighted by Crippen LogP contribution is -2.38. The fourth-order valence-corrected chi connectivity index (χ4v) is 3.22. The summed E-state index contributed by atoms with van der Waals surface area (Å²) in [6.07, 6.45) is 5.44. The van der Waals surface area contributed by atoms with Gasteiger partial charge in [0, 0.05) is 18.4 Å². The van der Waals surface area contributed by atoms with E-state index < -0.39 is 5.95 Å². The zero-order valence-electron chi connectivity index (χ0n) is 14.0. The molecule has 0 unspecified atom stereocenters. The molecule has 8 heteroatoms. The van der Waals surface area contributed by atoms with Gasteiger partial charge in [-0.3, -0.25) is 4.79 Å². The van der Waals surface area contributed by atoms with E-state index in [0.717, 1.165) is 12.8 Å². The molecule has 0 bridgehead atoms. The molecular formula is C18H18FN5O2. The Bertz CT molecular complexity index is 932. The average Bonchev–Trinajstić information content (AvgIpc) is 3.01. The van der Waals surface area contributed by atoms with Crippen LogP contribution in [0.25, 0.3) is 16.9 Å². The van der Waals surface area contributed by atoms with E-state index in [1.807, 2.05) is 0 Å². The van der Waals surface area contributed by atoms with Gasteiger partial charge in [0.1, 0.15) is 0 Å². The van der Waals surface area contributed by atoms with Gasteiger partial charge in [0.25, 0.3) is 11.9 Å². The zero-order valence-corrected chi connectivity index (χ0v) is 14.0. The molecule has 0 aliphatic heterocycles. The molecule has 134 valence electrons. The summed E-state index contributed by atoms with van der Waals surface area (Å²) >= 11 is 0. The first-order valence-electron chi connectivity index (χ1n) is 8.56. The van der Waals surface area contributed by atoms with E-state index in [9.17, 15) is 14.3 Å². The van der Waals surface area contributed by atoms with E-state index in [0.29, 0.717) is 29.3 Å². The van der Waals surface area contributed by atoms with Crippen LogP contribution in [-0.2, 0) is 0 Å². The number of halogens is 1. The fourth-order valence-electron chi connectivity index (χ4n) is 3.22. The number of carbonyl (C=O) groups excluding carboxylic acids is 1. The van der Waals surface area contributed by atoms with Crippen LogP contribution in [0.1, 0.15) is 36.0 Å². The lowest BCUT2D eigenvalue weighted by atomic mass is 9.93. The third-order valence-electron chi connectivity index (χ3n) is 4.66. The molecule has 2 N–H and O–H groups in total. The molecule has 0 spiro atoms. The second-order valence-corrected chi connectivity index (χ2v) is 6.47. The third-order valence-corrected chi connectivity index (χ3v) is 4.66. The number of nitrogens with one attached hydrogen (secondary N) is 1. The number of aromatic nitrogens is 4. The molecule has 2 heterocycles. The molecule has 1 amide bonds. The molecule has 0 atom stereocenters. The molecular weight excluding hydrogens is 337 g/mol. The number of hydrogen-bond donors (Lipinski definition) is 2. The van der Waals surface area contributed by atoms with Crippen LogP contribution in [0.4, 0.5) is 4.39 Å². The van der Waals surface area contributed by atoms with Crippen molar-refractivity contribution in [2.45, 2.75) is 37.8 Å². The summed E-state index contributed by atoms with van der Waals surface area (Å²) in [5.41, 5.74) is 0.889. The van der Waals surface area contributed by atoms with Crippen molar-refractivity contribution < 1.29 is 14.3 Å². The van der Waals surface area contributed by atoms with Crippen LogP contribution in [0.2, 0.25) is 0 Å². The van der Waals surface area contributed by atoms with Crippen LogP contribution >= 0.6 is 0 Å². The van der Waals surface area contributed by atoms with Crippen LogP contribution in [0.15, 0.2) is 36.7 Å². The third kappa shape index (κ3) is 3.15. The van der Waals surface area contributed by atoms with E-state index in [1.165, 1.54) is 17.1 Å². The van der Waals surface area contributed by atoms with Crippen molar-refractivity contribution in [1.82, 2.24) is 25.1 Å². The number of nitrogens with zero attached hydrogens (tertiary/aromatic N) is 4. The summed E-state index contributed by atoms with van der Waals surface area (Å²) in [7, 11) is 0. The van der Waals surface area contributed by atoms with Gasteiger partial charge in [0.05, 0.1) is 22.6 Å². The van der Waals surface area contributed by atoms with Crippen molar-refractivity contribution >= 4 is 16.8 Å². The van der Waals surface area contributed by atoms with Crippen molar-refractivity contribution in [2.75, 3.05) is 0 Å². The summed E-state index contributed by atoms with van der Waals surface area (Å²) in [4.78, 5) is 20.6. The molecule has 4 rings (SSSR count). The Balaban J connectivity index is 1.52. The van der Waals surface area contributed by atoms with Gasteiger partial charge in [-0.25, -0.2) is 9.97 Å². The molecule has 26 heavy (non-hydrogen) atoms. The first-order chi connectivity index (χ1) is 12.6. The highest BCUT2D eigenvalue weighted by Gasteiger charge is 2.21. The Labute approximate surface area is 148 Å². The predicted octanol–water partition coefficient (Wildman–Crippen LogP) is 1.99. The summed E-state index contributed by atoms with van der Waals surface area (Å²) in [6, 6.07) is 6.93. The average molecular weight is 355 g/mol. The van der Waals surface area contributed by atoms with E-state index in [2.05, 4.69) is 20.4 Å². The predicted molar refractivity (Wildman–Crippen MR) is 92.3 cm³/mol. The molecule has 1 aromatic carbocycles. The summed E-state index contributed by atoms with van der Waals surface area (Å²) in [5.74, 6) is -0.651. The van der Waals surface area contributed by atoms with Crippen LogP contribution in [0.3, 0.4) is 0 Å². The lowest BCUT2D eigenvalue weighted by molar-refractivity contribution is 0.0867. The Morgan fingerprint density at radius 2 is 1.85 bits per heavy atom. The van der Waals surface area contributed by atoms with Gasteiger partial charge >= 0.3 is 0 Å². The van der Waals surface area contributed by atoms with Crippen LogP contribution < -0.4 is 5.32 Å². The van der Waals surface area contributed by atoms with Gasteiger partial charge < -0.3 is 10.4 Å². The molecule has 0 radical (unpaired) electrons. The van der Waals surface area contributed by atoms with E-state index in [1.54, 1.807) is 24.3 Å². The zero-order chi connectivity index (χ0) is 18.1. The maximum Gasteiger partial charge on any atom is 0.254 e. The topological polar surface area (TPSA) is 92.9 Å². The molecule has 2 aromatic heterocycles. The highest BCUT2D eigenvalue weighted by molar-refractivity contribution is 5.93. The number of hydrogen-bond acceptors (Lipinski definition) is 5. The van der Waals surface area contributed by atoms with E-state index in [-0.39, 0.29) is 24.0 Å². The standard InChI is InChI=1S/C18H18FN5O2/c19-16-14-3-1-2-4-15(14)24(23-16)18-20-9-11(10-21-18)17(26)22-12-5-7-13(25)8-6-12/h1-4,9-10,12-13,25H,5-8H2,(H,22,26). The van der Waals surface area contributed by atoms with Crippen LogP contribution in [-0.4, -0.2) is 42.9 Å². The van der Waals surface area contributed by atoms with Crippen LogP contribution in [0, 0.1) is 5.95 Å². The van der Waals surface area contributed by atoms with E-state index in [4.69, 9.17) is 0 Å². The highest BCUT2D eigenvalue weighted by atomic mass is 19.1. The number of rotatable bonds is 3. The van der Waals surface area contributed by atoms with Gasteiger partial charge in [-0.1, -0.05) is 12.1 Å². The number of benzene rings is 1. The Morgan fingerprint density at radius 1 is 1.15 bits per heavy atom. The Kier molecular flexibility index (Phi) is 4.34. The Hall–Kier alpha value is -2.87. The van der Waals surface area contributed by atoms with Crippen molar-refractivity contribution in [2.24, 2.45) is 0 Å². The molecule has 1 aliphatic carbocycles. The molecule has 7 nitrogen and oxygen atoms in total. The van der Waals surface area contributed by atoms with Crippen molar-refractivity contribution in [1.29, 1.82) is 0 Å². The first-order valence-corrected chi connectivity index (χ1v) is 8.56. The normalized spacial score (nSPS) is 20.2. The SMILES string of the molecule is O=C(NC1CCC(O)CC1)c1cnc(-n2nc(F)c3ccccc32)nc1. The van der Waals surface area contributed by atoms with Gasteiger partial charge in [0.2, 0.25) is 5.95 Å². The minimum absolute atomic E-state index is 0.0507. The highest BCUT2D eigenvalue weighted by Crippen LogP contribution is 2.20. The van der Waals surface area contributed by atoms with Gasteiger partial charge in [-0.2, -0.15) is 9.07 Å². The van der Waals surface area contributed by atoms with Gasteiger partial charge in [-0.05, 0) is 37.8 Å². The van der Waals surface area contributed by atoms with E-state index >= 15 is 0 Å². The number of amides is 1. The minimum Gasteiger partial charge on any atom is -0.393 e. The monoisotopic (exact) mass is 355 g/mol. The molecule has 0 saturated heterocycles. The molecule has 1 aliphatic rings.